The van der Waals surface area contributed by atoms with E-state index in [1.165, 1.54) is 0 Å². The third kappa shape index (κ3) is 2.48. The molecular weight excluding hydrogens is 278 g/mol. The van der Waals surface area contributed by atoms with Gasteiger partial charge in [0.05, 0.1) is 33.4 Å². The fourth-order valence-corrected chi connectivity index (χ4v) is 2.70. The summed E-state index contributed by atoms with van der Waals surface area (Å²) in [6, 6.07) is 14.0. The van der Waals surface area contributed by atoms with Crippen LogP contribution in [0.15, 0.2) is 48.7 Å². The topological polar surface area (TPSA) is 32.6 Å². The largest absolute Gasteiger partial charge is 0.497 e. The normalized spacial score (nSPS) is 10.7. The molecule has 0 aliphatic rings. The first-order valence-corrected chi connectivity index (χ1v) is 7.09. The highest BCUT2D eigenvalue weighted by atomic mass is 16.5. The van der Waals surface area contributed by atoms with Crippen LogP contribution in [-0.4, -0.2) is 25.9 Å². The van der Waals surface area contributed by atoms with E-state index in [1.54, 1.807) is 21.3 Å². The van der Waals surface area contributed by atoms with E-state index in [1.807, 2.05) is 30.3 Å². The van der Waals surface area contributed by atoms with E-state index in [-0.39, 0.29) is 0 Å². The van der Waals surface area contributed by atoms with E-state index in [4.69, 9.17) is 14.2 Å². The molecule has 0 saturated carbocycles. The molecule has 0 unspecified atom stereocenters. The minimum Gasteiger partial charge on any atom is -0.497 e. The first kappa shape index (κ1) is 14.3. The van der Waals surface area contributed by atoms with E-state index in [2.05, 4.69) is 22.9 Å². The van der Waals surface area contributed by atoms with E-state index in [0.717, 1.165) is 33.7 Å². The summed E-state index contributed by atoms with van der Waals surface area (Å²) in [4.78, 5) is 0. The van der Waals surface area contributed by atoms with Crippen molar-refractivity contribution in [2.24, 2.45) is 0 Å². The van der Waals surface area contributed by atoms with Crippen LogP contribution in [-0.2, 0) is 6.54 Å². The second kappa shape index (κ2) is 6.02. The van der Waals surface area contributed by atoms with E-state index >= 15 is 0 Å². The van der Waals surface area contributed by atoms with Crippen molar-refractivity contribution in [1.29, 1.82) is 0 Å². The second-order valence-electron chi connectivity index (χ2n) is 5.01. The molecule has 0 spiro atoms. The lowest BCUT2D eigenvalue weighted by molar-refractivity contribution is 0.383. The molecule has 0 aliphatic carbocycles. The van der Waals surface area contributed by atoms with Crippen LogP contribution in [0.5, 0.6) is 17.2 Å². The fourth-order valence-electron chi connectivity index (χ4n) is 2.70. The van der Waals surface area contributed by atoms with Gasteiger partial charge in [0.2, 0.25) is 0 Å². The molecule has 4 heteroatoms. The Morgan fingerprint density at radius 1 is 0.864 bits per heavy atom. The Labute approximate surface area is 129 Å². The van der Waals surface area contributed by atoms with Gasteiger partial charge >= 0.3 is 0 Å². The average Bonchev–Trinajstić information content (AvgIpc) is 2.97. The lowest BCUT2D eigenvalue weighted by Gasteiger charge is -2.14. The van der Waals surface area contributed by atoms with Gasteiger partial charge in [-0.3, -0.25) is 0 Å². The lowest BCUT2D eigenvalue weighted by Crippen LogP contribution is -2.03. The SMILES string of the molecule is COc1ccc2c(ccn2Cc2c(OC)cccc2OC)c1. The van der Waals surface area contributed by atoms with Crippen molar-refractivity contribution in [3.63, 3.8) is 0 Å². The van der Waals surface area contributed by atoms with Crippen molar-refractivity contribution in [2.45, 2.75) is 6.54 Å². The zero-order chi connectivity index (χ0) is 15.5. The number of rotatable bonds is 5. The summed E-state index contributed by atoms with van der Waals surface area (Å²) < 4.78 is 18.4. The summed E-state index contributed by atoms with van der Waals surface area (Å²) in [7, 11) is 5.03. The minimum absolute atomic E-state index is 0.684. The average molecular weight is 297 g/mol. The van der Waals surface area contributed by atoms with Crippen molar-refractivity contribution >= 4 is 10.9 Å². The molecule has 0 fully saturated rings. The van der Waals surface area contributed by atoms with Crippen LogP contribution in [0.1, 0.15) is 5.56 Å². The van der Waals surface area contributed by atoms with Gasteiger partial charge in [-0.2, -0.15) is 0 Å². The molecular formula is C18H19NO3. The van der Waals surface area contributed by atoms with Gasteiger partial charge in [-0.1, -0.05) is 6.07 Å². The summed E-state index contributed by atoms with van der Waals surface area (Å²) in [6.45, 7) is 0.684. The molecule has 2 aromatic carbocycles. The Morgan fingerprint density at radius 3 is 2.23 bits per heavy atom. The molecule has 0 aliphatic heterocycles. The van der Waals surface area contributed by atoms with Crippen LogP contribution in [0.25, 0.3) is 10.9 Å². The van der Waals surface area contributed by atoms with Gasteiger partial charge in [0.25, 0.3) is 0 Å². The quantitative estimate of drug-likeness (QED) is 0.719. The summed E-state index contributed by atoms with van der Waals surface area (Å²) in [5, 5.41) is 1.15. The van der Waals surface area contributed by atoms with E-state index < -0.39 is 0 Å². The summed E-state index contributed by atoms with van der Waals surface area (Å²) >= 11 is 0. The van der Waals surface area contributed by atoms with Crippen LogP contribution < -0.4 is 14.2 Å². The zero-order valence-corrected chi connectivity index (χ0v) is 13.0. The van der Waals surface area contributed by atoms with Crippen molar-refractivity contribution in [1.82, 2.24) is 4.57 Å². The summed E-state index contributed by atoms with van der Waals surface area (Å²) in [6.07, 6.45) is 2.07. The molecule has 114 valence electrons. The van der Waals surface area contributed by atoms with Crippen LogP contribution in [0.3, 0.4) is 0 Å². The van der Waals surface area contributed by atoms with Gasteiger partial charge in [0, 0.05) is 17.1 Å². The summed E-state index contributed by atoms with van der Waals surface area (Å²) in [5.41, 5.74) is 2.18. The zero-order valence-electron chi connectivity index (χ0n) is 13.0. The van der Waals surface area contributed by atoms with Gasteiger partial charge in [0.15, 0.2) is 0 Å². The number of fused-ring (bicyclic) bond motifs is 1. The Balaban J connectivity index is 2.03. The van der Waals surface area contributed by atoms with Gasteiger partial charge in [0.1, 0.15) is 17.2 Å². The molecule has 0 atom stereocenters. The predicted octanol–water partition coefficient (Wildman–Crippen LogP) is 3.72. The molecule has 0 saturated heterocycles. The molecule has 22 heavy (non-hydrogen) atoms. The number of hydrogen-bond acceptors (Lipinski definition) is 3. The van der Waals surface area contributed by atoms with Gasteiger partial charge < -0.3 is 18.8 Å². The van der Waals surface area contributed by atoms with Crippen LogP contribution >= 0.6 is 0 Å². The molecule has 0 radical (unpaired) electrons. The van der Waals surface area contributed by atoms with Crippen LogP contribution in [0, 0.1) is 0 Å². The fraction of sp³-hybridized carbons (Fsp3) is 0.222. The number of ether oxygens (including phenoxy) is 3. The number of benzene rings is 2. The Bertz CT molecular complexity index is 770. The third-order valence-electron chi connectivity index (χ3n) is 3.84. The maximum Gasteiger partial charge on any atom is 0.127 e. The molecule has 4 nitrogen and oxygen atoms in total. The highest BCUT2D eigenvalue weighted by Gasteiger charge is 2.12. The smallest absolute Gasteiger partial charge is 0.127 e. The Morgan fingerprint density at radius 2 is 1.59 bits per heavy atom. The van der Waals surface area contributed by atoms with Crippen LogP contribution in [0.4, 0.5) is 0 Å². The number of methoxy groups -OCH3 is 3. The predicted molar refractivity (Wildman–Crippen MR) is 87.1 cm³/mol. The number of nitrogens with zero attached hydrogens (tertiary/aromatic N) is 1. The van der Waals surface area contributed by atoms with E-state index in [0.29, 0.717) is 6.54 Å². The van der Waals surface area contributed by atoms with Crippen molar-refractivity contribution in [3.05, 3.63) is 54.2 Å². The van der Waals surface area contributed by atoms with Gasteiger partial charge in [-0.15, -0.1) is 0 Å². The molecule has 1 heterocycles. The second-order valence-corrected chi connectivity index (χ2v) is 5.01. The van der Waals surface area contributed by atoms with Crippen molar-refractivity contribution in [2.75, 3.05) is 21.3 Å². The molecule has 0 amide bonds. The highest BCUT2D eigenvalue weighted by molar-refractivity contribution is 5.81. The Hall–Kier alpha value is -2.62. The molecule has 3 rings (SSSR count). The first-order valence-electron chi connectivity index (χ1n) is 7.09. The van der Waals surface area contributed by atoms with Gasteiger partial charge in [-0.05, 0) is 36.4 Å². The number of hydrogen-bond donors (Lipinski definition) is 0. The minimum atomic E-state index is 0.684. The molecule has 0 N–H and O–H groups in total. The maximum atomic E-state index is 5.47. The first-order chi connectivity index (χ1) is 10.8. The lowest BCUT2D eigenvalue weighted by atomic mass is 10.1. The standard InChI is InChI=1S/C18H19NO3/c1-20-14-7-8-16-13(11-14)9-10-19(16)12-15-17(21-2)5-4-6-18(15)22-3/h4-11H,12H2,1-3H3. The van der Waals surface area contributed by atoms with Crippen molar-refractivity contribution in [3.8, 4) is 17.2 Å². The monoisotopic (exact) mass is 297 g/mol. The Kier molecular flexibility index (Phi) is 3.92. The molecule has 3 aromatic rings. The van der Waals surface area contributed by atoms with Crippen molar-refractivity contribution < 1.29 is 14.2 Å². The highest BCUT2D eigenvalue weighted by Crippen LogP contribution is 2.31. The van der Waals surface area contributed by atoms with Gasteiger partial charge in [-0.25, -0.2) is 0 Å². The van der Waals surface area contributed by atoms with Crippen LogP contribution in [0.2, 0.25) is 0 Å². The molecule has 1 aromatic heterocycles. The summed E-state index contributed by atoms with van der Waals surface area (Å²) in [5.74, 6) is 2.52. The molecule has 0 bridgehead atoms. The third-order valence-corrected chi connectivity index (χ3v) is 3.84. The van der Waals surface area contributed by atoms with E-state index in [9.17, 15) is 0 Å². The number of aromatic nitrogens is 1. The maximum absolute atomic E-state index is 5.47.